The summed E-state index contributed by atoms with van der Waals surface area (Å²) >= 11 is 0. The third kappa shape index (κ3) is 4.62. The van der Waals surface area contributed by atoms with Crippen LogP contribution in [0.25, 0.3) is 11.1 Å². The maximum atomic E-state index is 12.8. The van der Waals surface area contributed by atoms with Crippen LogP contribution in [0.2, 0.25) is 0 Å². The maximum Gasteiger partial charge on any atom is 0.229 e. The van der Waals surface area contributed by atoms with Gasteiger partial charge in [-0.05, 0) is 55.5 Å². The van der Waals surface area contributed by atoms with Gasteiger partial charge in [0.05, 0.1) is 5.92 Å². The van der Waals surface area contributed by atoms with Gasteiger partial charge in [-0.1, -0.05) is 36.4 Å². The van der Waals surface area contributed by atoms with Gasteiger partial charge in [0.2, 0.25) is 11.9 Å². The second kappa shape index (κ2) is 8.43. The molecule has 4 rings (SSSR count). The number of rotatable bonds is 4. The van der Waals surface area contributed by atoms with Crippen LogP contribution in [-0.2, 0) is 4.79 Å². The first-order valence-corrected chi connectivity index (χ1v) is 10.1. The SMILES string of the molecule is Cc1cc(C)cc(NC(=O)[C@H]2CCCN(c3ncc(-c4ccccc4)cn3)C2)c1. The number of benzene rings is 2. The number of carbonyl (C=O) groups is 1. The van der Waals surface area contributed by atoms with Crippen molar-refractivity contribution < 1.29 is 4.79 Å². The minimum absolute atomic E-state index is 0.0676. The summed E-state index contributed by atoms with van der Waals surface area (Å²) in [6.07, 6.45) is 5.55. The number of hydrogen-bond donors (Lipinski definition) is 1. The Morgan fingerprint density at radius 1 is 1.00 bits per heavy atom. The van der Waals surface area contributed by atoms with Crippen molar-refractivity contribution in [3.8, 4) is 11.1 Å². The molecule has 5 nitrogen and oxygen atoms in total. The number of aryl methyl sites for hydroxylation is 2. The van der Waals surface area contributed by atoms with Crippen LogP contribution >= 0.6 is 0 Å². The van der Waals surface area contributed by atoms with E-state index in [-0.39, 0.29) is 11.8 Å². The van der Waals surface area contributed by atoms with Crippen LogP contribution in [0.1, 0.15) is 24.0 Å². The van der Waals surface area contributed by atoms with Crippen LogP contribution in [0.15, 0.2) is 60.9 Å². The second-order valence-electron chi connectivity index (χ2n) is 7.79. The van der Waals surface area contributed by atoms with E-state index in [9.17, 15) is 4.79 Å². The van der Waals surface area contributed by atoms with Crippen molar-refractivity contribution in [1.82, 2.24) is 9.97 Å². The number of nitrogens with one attached hydrogen (secondary N) is 1. The van der Waals surface area contributed by atoms with Crippen LogP contribution in [0.5, 0.6) is 0 Å². The van der Waals surface area contributed by atoms with E-state index in [1.165, 1.54) is 0 Å². The van der Waals surface area contributed by atoms with Gasteiger partial charge >= 0.3 is 0 Å². The number of hydrogen-bond acceptors (Lipinski definition) is 4. The molecular weight excluding hydrogens is 360 g/mol. The van der Waals surface area contributed by atoms with Crippen molar-refractivity contribution in [3.05, 3.63) is 72.1 Å². The van der Waals surface area contributed by atoms with Gasteiger partial charge in [-0.25, -0.2) is 9.97 Å². The molecule has 0 bridgehead atoms. The van der Waals surface area contributed by atoms with Gasteiger partial charge in [0.25, 0.3) is 0 Å². The second-order valence-corrected chi connectivity index (χ2v) is 7.79. The molecule has 1 aliphatic rings. The predicted octanol–water partition coefficient (Wildman–Crippen LogP) is 4.62. The van der Waals surface area contributed by atoms with Gasteiger partial charge in [-0.2, -0.15) is 0 Å². The van der Waals surface area contributed by atoms with Crippen molar-refractivity contribution in [2.75, 3.05) is 23.3 Å². The van der Waals surface area contributed by atoms with E-state index in [0.29, 0.717) is 12.5 Å². The van der Waals surface area contributed by atoms with Gasteiger partial charge in [-0.3, -0.25) is 4.79 Å². The monoisotopic (exact) mass is 386 g/mol. The Morgan fingerprint density at radius 3 is 2.38 bits per heavy atom. The topological polar surface area (TPSA) is 58.1 Å². The lowest BCUT2D eigenvalue weighted by Crippen LogP contribution is -2.41. The standard InChI is InChI=1S/C24H26N4O/c1-17-11-18(2)13-22(12-17)27-23(29)20-9-6-10-28(16-20)24-25-14-21(15-26-24)19-7-4-3-5-8-19/h3-5,7-8,11-15,20H,6,9-10,16H2,1-2H3,(H,27,29)/t20-/m0/s1. The molecule has 1 amide bonds. The first-order valence-electron chi connectivity index (χ1n) is 10.1. The summed E-state index contributed by atoms with van der Waals surface area (Å²) in [7, 11) is 0. The van der Waals surface area contributed by atoms with Crippen LogP contribution in [0, 0.1) is 19.8 Å². The summed E-state index contributed by atoms with van der Waals surface area (Å²) < 4.78 is 0. The number of piperidine rings is 1. The number of carbonyl (C=O) groups excluding carboxylic acids is 1. The highest BCUT2D eigenvalue weighted by Gasteiger charge is 2.27. The molecule has 0 unspecified atom stereocenters. The fourth-order valence-corrected chi connectivity index (χ4v) is 3.93. The zero-order valence-electron chi connectivity index (χ0n) is 16.9. The Balaban J connectivity index is 1.43. The highest BCUT2D eigenvalue weighted by atomic mass is 16.1. The third-order valence-electron chi connectivity index (χ3n) is 5.31. The zero-order valence-corrected chi connectivity index (χ0v) is 16.9. The first kappa shape index (κ1) is 19.1. The van der Waals surface area contributed by atoms with Crippen molar-refractivity contribution in [3.63, 3.8) is 0 Å². The van der Waals surface area contributed by atoms with Crippen molar-refractivity contribution in [2.45, 2.75) is 26.7 Å². The first-order chi connectivity index (χ1) is 14.1. The van der Waals surface area contributed by atoms with E-state index in [1.807, 2.05) is 68.7 Å². The minimum atomic E-state index is -0.0676. The molecule has 0 saturated carbocycles. The molecule has 0 radical (unpaired) electrons. The molecule has 148 valence electrons. The Hall–Kier alpha value is -3.21. The van der Waals surface area contributed by atoms with E-state index in [1.54, 1.807) is 0 Å². The van der Waals surface area contributed by atoms with Gasteiger partial charge in [0, 0.05) is 36.7 Å². The Kier molecular flexibility index (Phi) is 5.56. The molecule has 0 aliphatic carbocycles. The summed E-state index contributed by atoms with van der Waals surface area (Å²) in [6, 6.07) is 16.2. The molecule has 1 aliphatic heterocycles. The van der Waals surface area contributed by atoms with Gasteiger partial charge in [-0.15, -0.1) is 0 Å². The fourth-order valence-electron chi connectivity index (χ4n) is 3.93. The fraction of sp³-hybridized carbons (Fsp3) is 0.292. The highest BCUT2D eigenvalue weighted by Crippen LogP contribution is 2.24. The van der Waals surface area contributed by atoms with Crippen molar-refractivity contribution in [2.24, 2.45) is 5.92 Å². The molecule has 2 heterocycles. The smallest absolute Gasteiger partial charge is 0.229 e. The molecule has 2 aromatic carbocycles. The van der Waals surface area contributed by atoms with E-state index in [2.05, 4.69) is 26.3 Å². The van der Waals surface area contributed by atoms with Crippen LogP contribution in [0.3, 0.4) is 0 Å². The Morgan fingerprint density at radius 2 is 1.69 bits per heavy atom. The summed E-state index contributed by atoms with van der Waals surface area (Å²) in [5.74, 6) is 0.691. The third-order valence-corrected chi connectivity index (χ3v) is 5.31. The normalized spacial score (nSPS) is 16.5. The van der Waals surface area contributed by atoms with Crippen LogP contribution in [0.4, 0.5) is 11.6 Å². The lowest BCUT2D eigenvalue weighted by molar-refractivity contribution is -0.120. The molecule has 1 aromatic heterocycles. The Labute approximate surface area is 171 Å². The molecule has 0 spiro atoms. The lowest BCUT2D eigenvalue weighted by atomic mass is 9.97. The van der Waals surface area contributed by atoms with E-state index >= 15 is 0 Å². The molecule has 1 fully saturated rings. The summed E-state index contributed by atoms with van der Waals surface area (Å²) in [6.45, 7) is 5.60. The molecular formula is C24H26N4O. The average molecular weight is 386 g/mol. The lowest BCUT2D eigenvalue weighted by Gasteiger charge is -2.32. The van der Waals surface area contributed by atoms with Gasteiger partial charge < -0.3 is 10.2 Å². The molecule has 3 aromatic rings. The molecule has 29 heavy (non-hydrogen) atoms. The molecule has 5 heteroatoms. The highest BCUT2D eigenvalue weighted by molar-refractivity contribution is 5.93. The number of aromatic nitrogens is 2. The maximum absolute atomic E-state index is 12.8. The van der Waals surface area contributed by atoms with Crippen molar-refractivity contribution >= 4 is 17.5 Å². The van der Waals surface area contributed by atoms with E-state index in [4.69, 9.17) is 0 Å². The summed E-state index contributed by atoms with van der Waals surface area (Å²) in [5, 5.41) is 3.09. The summed E-state index contributed by atoms with van der Waals surface area (Å²) in [5.41, 5.74) is 5.27. The Bertz CT molecular complexity index is 965. The molecule has 1 atom stereocenters. The quantitative estimate of drug-likeness (QED) is 0.711. The van der Waals surface area contributed by atoms with E-state index in [0.717, 1.165) is 47.3 Å². The van der Waals surface area contributed by atoms with Gasteiger partial charge in [0.15, 0.2) is 0 Å². The molecule has 1 saturated heterocycles. The number of nitrogens with zero attached hydrogens (tertiary/aromatic N) is 3. The predicted molar refractivity (Wildman–Crippen MR) is 117 cm³/mol. The van der Waals surface area contributed by atoms with Crippen LogP contribution in [-0.4, -0.2) is 29.0 Å². The summed E-state index contributed by atoms with van der Waals surface area (Å²) in [4.78, 5) is 24.1. The van der Waals surface area contributed by atoms with Crippen molar-refractivity contribution in [1.29, 1.82) is 0 Å². The van der Waals surface area contributed by atoms with Crippen LogP contribution < -0.4 is 10.2 Å². The minimum Gasteiger partial charge on any atom is -0.340 e. The largest absolute Gasteiger partial charge is 0.340 e. The average Bonchev–Trinajstić information content (AvgIpc) is 2.74. The van der Waals surface area contributed by atoms with E-state index < -0.39 is 0 Å². The number of anilines is 2. The number of amides is 1. The van der Waals surface area contributed by atoms with Gasteiger partial charge in [0.1, 0.15) is 0 Å². The molecule has 1 N–H and O–H groups in total. The zero-order chi connectivity index (χ0) is 20.2.